The number of aliphatic hydroxyl groups excluding tert-OH is 1. The number of urea groups is 1. The molecule has 3 amide bonds. The molecule has 0 fully saturated rings. The predicted molar refractivity (Wildman–Crippen MR) is 151 cm³/mol. The number of ether oxygens (including phenoxy) is 2. The second-order valence-electron chi connectivity index (χ2n) is 8.85. The zero-order chi connectivity index (χ0) is 31.1. The number of guanidine groups is 1. The van der Waals surface area contributed by atoms with Crippen molar-refractivity contribution in [1.29, 1.82) is 0 Å². The first kappa shape index (κ1) is 33.3. The normalized spacial score (nSPS) is 12.1. The van der Waals surface area contributed by atoms with Gasteiger partial charge in [0.05, 0.1) is 24.9 Å². The summed E-state index contributed by atoms with van der Waals surface area (Å²) in [6, 6.07) is 15.6. The SMILES string of the molecule is COC(=O)[C@H](C)[C@H](C)N(Cc1ccc(C)cc1)C(=O)NC(=Nc1ccc(Oc2ccc(F)cn2)cc1)NC=O.OCF. The summed E-state index contributed by atoms with van der Waals surface area (Å²) in [5.74, 6) is -1.02. The standard InChI is InChI=1S/C28H30FN5O5.CH3FO/c1-18-5-7-21(8-6-18)16-34(20(3)19(2)26(36)38-4)28(37)33-27(31-17-35)32-23-10-12-24(13-11-23)39-25-14-9-22(29)15-30-25;2-1-3/h5-15,17,19-20H,16H2,1-4H3,(H2,31,32,33,35,37);3H,1H2/t19-,20+;/m1./s1. The average Bonchev–Trinajstić information content (AvgIpc) is 2.98. The Hall–Kier alpha value is -4.91. The summed E-state index contributed by atoms with van der Waals surface area (Å²) >= 11 is 0. The van der Waals surface area contributed by atoms with E-state index in [4.69, 9.17) is 14.6 Å². The van der Waals surface area contributed by atoms with Gasteiger partial charge in [-0.25, -0.2) is 23.6 Å². The molecular formula is C29H33F2N5O6. The van der Waals surface area contributed by atoms with Gasteiger partial charge in [0.2, 0.25) is 18.2 Å². The zero-order valence-corrected chi connectivity index (χ0v) is 23.6. The molecule has 0 aliphatic heterocycles. The molecule has 13 heteroatoms. The summed E-state index contributed by atoms with van der Waals surface area (Å²) in [4.78, 5) is 46.5. The molecule has 2 aromatic carbocycles. The summed E-state index contributed by atoms with van der Waals surface area (Å²) in [5, 5.41) is 11.9. The molecule has 11 nitrogen and oxygen atoms in total. The van der Waals surface area contributed by atoms with Crippen molar-refractivity contribution >= 4 is 30.1 Å². The number of rotatable bonds is 9. The summed E-state index contributed by atoms with van der Waals surface area (Å²) in [6.07, 6.45) is 1.44. The molecule has 0 saturated carbocycles. The molecule has 0 unspecified atom stereocenters. The van der Waals surface area contributed by atoms with E-state index in [1.54, 1.807) is 38.1 Å². The molecule has 3 rings (SSSR count). The van der Waals surface area contributed by atoms with Crippen LogP contribution in [0.2, 0.25) is 0 Å². The number of alkyl halides is 1. The van der Waals surface area contributed by atoms with Crippen molar-refractivity contribution in [3.63, 3.8) is 0 Å². The third-order valence-electron chi connectivity index (χ3n) is 5.94. The minimum atomic E-state index is -1.25. The molecular weight excluding hydrogens is 552 g/mol. The molecule has 2 atom stereocenters. The first-order valence-electron chi connectivity index (χ1n) is 12.7. The van der Waals surface area contributed by atoms with Crippen LogP contribution in [0.4, 0.5) is 19.3 Å². The number of amides is 3. The fourth-order valence-corrected chi connectivity index (χ4v) is 3.53. The van der Waals surface area contributed by atoms with Gasteiger partial charge >= 0.3 is 12.0 Å². The monoisotopic (exact) mass is 585 g/mol. The number of hydrogen-bond donors (Lipinski definition) is 3. The highest BCUT2D eigenvalue weighted by Gasteiger charge is 2.30. The molecule has 1 heterocycles. The van der Waals surface area contributed by atoms with Gasteiger partial charge in [-0.15, -0.1) is 0 Å². The van der Waals surface area contributed by atoms with Crippen LogP contribution in [0.1, 0.15) is 25.0 Å². The van der Waals surface area contributed by atoms with E-state index >= 15 is 0 Å². The first-order chi connectivity index (χ1) is 20.1. The highest BCUT2D eigenvalue weighted by Crippen LogP contribution is 2.23. The lowest BCUT2D eigenvalue weighted by Gasteiger charge is -2.32. The Kier molecular flexibility index (Phi) is 13.5. The van der Waals surface area contributed by atoms with Crippen LogP contribution in [0.25, 0.3) is 0 Å². The van der Waals surface area contributed by atoms with Crippen LogP contribution in [0.5, 0.6) is 11.6 Å². The highest BCUT2D eigenvalue weighted by molar-refractivity contribution is 6.01. The van der Waals surface area contributed by atoms with Crippen LogP contribution >= 0.6 is 0 Å². The Labute approximate surface area is 242 Å². The second kappa shape index (κ2) is 17.0. The van der Waals surface area contributed by atoms with E-state index in [1.807, 2.05) is 31.2 Å². The van der Waals surface area contributed by atoms with Crippen LogP contribution in [0.3, 0.4) is 0 Å². The Morgan fingerprint density at radius 3 is 2.29 bits per heavy atom. The van der Waals surface area contributed by atoms with Crippen molar-refractivity contribution in [3.05, 3.63) is 83.8 Å². The molecule has 0 aliphatic rings. The van der Waals surface area contributed by atoms with E-state index in [0.29, 0.717) is 17.8 Å². The number of esters is 1. The van der Waals surface area contributed by atoms with Crippen molar-refractivity contribution in [3.8, 4) is 11.6 Å². The molecule has 0 aliphatic carbocycles. The van der Waals surface area contributed by atoms with Gasteiger partial charge in [0.15, 0.2) is 6.86 Å². The van der Waals surface area contributed by atoms with Gasteiger partial charge in [0, 0.05) is 18.7 Å². The average molecular weight is 586 g/mol. The number of aromatic nitrogens is 1. The maximum Gasteiger partial charge on any atom is 0.324 e. The molecule has 3 N–H and O–H groups in total. The highest BCUT2D eigenvalue weighted by atomic mass is 19.1. The van der Waals surface area contributed by atoms with Crippen LogP contribution in [-0.2, 0) is 20.9 Å². The number of carbonyl (C=O) groups is 3. The van der Waals surface area contributed by atoms with E-state index in [9.17, 15) is 23.2 Å². The third kappa shape index (κ3) is 10.6. The van der Waals surface area contributed by atoms with E-state index in [2.05, 4.69) is 20.6 Å². The Morgan fingerprint density at radius 2 is 1.74 bits per heavy atom. The number of benzene rings is 2. The third-order valence-corrected chi connectivity index (χ3v) is 5.94. The van der Waals surface area contributed by atoms with E-state index in [1.165, 1.54) is 24.1 Å². The lowest BCUT2D eigenvalue weighted by molar-refractivity contribution is -0.146. The van der Waals surface area contributed by atoms with Crippen molar-refractivity contribution in [2.75, 3.05) is 14.0 Å². The van der Waals surface area contributed by atoms with Crippen molar-refractivity contribution in [2.24, 2.45) is 10.9 Å². The molecule has 3 aromatic rings. The number of aliphatic hydroxyl groups is 1. The Bertz CT molecular complexity index is 1320. The molecule has 0 radical (unpaired) electrons. The number of pyridine rings is 1. The lowest BCUT2D eigenvalue weighted by atomic mass is 10.0. The van der Waals surface area contributed by atoms with Crippen molar-refractivity contribution in [2.45, 2.75) is 33.4 Å². The molecule has 0 spiro atoms. The molecule has 42 heavy (non-hydrogen) atoms. The van der Waals surface area contributed by atoms with Gasteiger partial charge in [0.1, 0.15) is 11.6 Å². The maximum absolute atomic E-state index is 13.4. The minimum Gasteiger partial charge on any atom is -0.469 e. The summed E-state index contributed by atoms with van der Waals surface area (Å²) in [7, 11) is 1.29. The van der Waals surface area contributed by atoms with Crippen molar-refractivity contribution < 1.29 is 37.7 Å². The molecule has 224 valence electrons. The summed E-state index contributed by atoms with van der Waals surface area (Å²) in [6.45, 7) is 4.33. The summed E-state index contributed by atoms with van der Waals surface area (Å²) in [5.41, 5.74) is 2.33. The van der Waals surface area contributed by atoms with Gasteiger partial charge in [-0.2, -0.15) is 0 Å². The fourth-order valence-electron chi connectivity index (χ4n) is 3.53. The largest absolute Gasteiger partial charge is 0.469 e. The Morgan fingerprint density at radius 1 is 1.10 bits per heavy atom. The quantitative estimate of drug-likeness (QED) is 0.147. The number of hydrogen-bond acceptors (Lipinski definition) is 8. The molecule has 0 bridgehead atoms. The van der Waals surface area contributed by atoms with Crippen LogP contribution in [-0.4, -0.2) is 59.4 Å². The van der Waals surface area contributed by atoms with Crippen LogP contribution < -0.4 is 15.4 Å². The number of aliphatic imine (C=N–C) groups is 1. The zero-order valence-electron chi connectivity index (χ0n) is 23.6. The number of aryl methyl sites for hydroxylation is 1. The van der Waals surface area contributed by atoms with Crippen LogP contribution in [0.15, 0.2) is 71.9 Å². The fraction of sp³-hybridized carbons (Fsp3) is 0.276. The smallest absolute Gasteiger partial charge is 0.324 e. The molecule has 1 aromatic heterocycles. The van der Waals surface area contributed by atoms with Gasteiger partial charge < -0.3 is 19.5 Å². The number of methoxy groups -OCH3 is 1. The lowest BCUT2D eigenvalue weighted by Crippen LogP contribution is -2.52. The number of nitrogens with zero attached hydrogens (tertiary/aromatic N) is 3. The van der Waals surface area contributed by atoms with Gasteiger partial charge in [0.25, 0.3) is 0 Å². The van der Waals surface area contributed by atoms with Crippen LogP contribution in [0, 0.1) is 18.7 Å². The van der Waals surface area contributed by atoms with Crippen molar-refractivity contribution in [1.82, 2.24) is 20.5 Å². The van der Waals surface area contributed by atoms with E-state index in [-0.39, 0.29) is 18.4 Å². The number of halogens is 2. The van der Waals surface area contributed by atoms with E-state index < -0.39 is 36.6 Å². The van der Waals surface area contributed by atoms with Gasteiger partial charge in [-0.3, -0.25) is 20.2 Å². The van der Waals surface area contributed by atoms with Gasteiger partial charge in [-0.1, -0.05) is 29.8 Å². The number of carbonyl (C=O) groups excluding carboxylic acids is 3. The second-order valence-corrected chi connectivity index (χ2v) is 8.85. The summed E-state index contributed by atoms with van der Waals surface area (Å²) < 4.78 is 33.3. The Balaban J connectivity index is 0.00000197. The first-order valence-corrected chi connectivity index (χ1v) is 12.7. The topological polar surface area (TPSA) is 142 Å². The minimum absolute atomic E-state index is 0.115. The number of nitrogens with one attached hydrogen (secondary N) is 2. The molecule has 0 saturated heterocycles. The maximum atomic E-state index is 13.4. The van der Waals surface area contributed by atoms with E-state index in [0.717, 1.165) is 17.3 Å². The van der Waals surface area contributed by atoms with Gasteiger partial charge in [-0.05, 0) is 56.7 Å². The predicted octanol–water partition coefficient (Wildman–Crippen LogP) is 4.37.